The Kier molecular flexibility index (Phi) is 7.26. The maximum atomic E-state index is 5.50. The van der Waals surface area contributed by atoms with E-state index in [0.29, 0.717) is 0 Å². The monoisotopic (exact) mass is 334 g/mol. The van der Waals surface area contributed by atoms with Gasteiger partial charge < -0.3 is 9.80 Å². The highest BCUT2D eigenvalue weighted by molar-refractivity contribution is 8.35. The fourth-order valence-corrected chi connectivity index (χ4v) is 5.47. The minimum absolute atomic E-state index is 0.963. The van der Waals surface area contributed by atoms with Gasteiger partial charge in [-0.1, -0.05) is 48.0 Å². The Morgan fingerprint density at radius 2 is 1.05 bits per heavy atom. The molecule has 0 atom stereocenters. The Morgan fingerprint density at radius 3 is 1.42 bits per heavy atom. The molecule has 0 aromatic rings. The van der Waals surface area contributed by atoms with E-state index >= 15 is 0 Å². The first-order valence-electron chi connectivity index (χ1n) is 7.11. The van der Waals surface area contributed by atoms with Crippen molar-refractivity contribution in [3.63, 3.8) is 0 Å². The van der Waals surface area contributed by atoms with E-state index in [1.165, 1.54) is 38.5 Å². The van der Waals surface area contributed by atoms with Crippen LogP contribution in [-0.4, -0.2) is 49.7 Å². The molecule has 0 radical (unpaired) electrons. The second-order valence-electron chi connectivity index (χ2n) is 5.03. The third-order valence-electron chi connectivity index (χ3n) is 3.59. The molecule has 0 spiro atoms. The van der Waals surface area contributed by atoms with Crippen LogP contribution in [0.2, 0.25) is 0 Å². The van der Waals surface area contributed by atoms with Gasteiger partial charge in [0.2, 0.25) is 0 Å². The minimum Gasteiger partial charge on any atom is -0.358 e. The molecule has 0 saturated carbocycles. The number of hydrogen-bond acceptors (Lipinski definition) is 4. The minimum atomic E-state index is 0.963. The van der Waals surface area contributed by atoms with Crippen molar-refractivity contribution < 1.29 is 0 Å². The molecule has 2 heterocycles. The first-order valence-corrected chi connectivity index (χ1v) is 9.89. The van der Waals surface area contributed by atoms with Crippen LogP contribution in [0.3, 0.4) is 0 Å². The van der Waals surface area contributed by atoms with Gasteiger partial charge in [0.25, 0.3) is 0 Å². The van der Waals surface area contributed by atoms with Crippen LogP contribution in [0.4, 0.5) is 0 Å². The second kappa shape index (κ2) is 8.70. The summed E-state index contributed by atoms with van der Waals surface area (Å²) >= 11 is 14.6. The van der Waals surface area contributed by atoms with Gasteiger partial charge in [-0.3, -0.25) is 0 Å². The van der Waals surface area contributed by atoms with Gasteiger partial charge in [0.1, 0.15) is 8.64 Å². The highest BCUT2D eigenvalue weighted by atomic mass is 32.2. The highest BCUT2D eigenvalue weighted by Crippen LogP contribution is 2.23. The molecule has 6 heteroatoms. The normalized spacial score (nSPS) is 20.4. The summed E-state index contributed by atoms with van der Waals surface area (Å²) in [7, 11) is 0. The third-order valence-corrected chi connectivity index (χ3v) is 6.77. The molecule has 108 valence electrons. The van der Waals surface area contributed by atoms with Crippen LogP contribution >= 0.6 is 48.0 Å². The number of piperidine rings is 2. The molecule has 0 aromatic heterocycles. The molecule has 2 saturated heterocycles. The Bertz CT molecular complexity index is 280. The molecule has 2 aliphatic heterocycles. The summed E-state index contributed by atoms with van der Waals surface area (Å²) in [6.07, 6.45) is 7.88. The molecule has 2 nitrogen and oxygen atoms in total. The molecule has 2 rings (SSSR count). The van der Waals surface area contributed by atoms with Gasteiger partial charge >= 0.3 is 0 Å². The average molecular weight is 335 g/mol. The van der Waals surface area contributed by atoms with Crippen molar-refractivity contribution >= 4 is 56.6 Å². The van der Waals surface area contributed by atoms with Crippen molar-refractivity contribution in [2.24, 2.45) is 0 Å². The maximum absolute atomic E-state index is 5.50. The van der Waals surface area contributed by atoms with Crippen molar-refractivity contribution in [2.75, 3.05) is 31.3 Å². The molecule has 0 amide bonds. The van der Waals surface area contributed by atoms with Crippen LogP contribution in [0.25, 0.3) is 0 Å². The fraction of sp³-hybridized carbons (Fsp3) is 0.846. The fourth-order valence-electron chi connectivity index (χ4n) is 2.47. The maximum Gasteiger partial charge on any atom is 0.137 e. The van der Waals surface area contributed by atoms with Crippen LogP contribution < -0.4 is 0 Å². The summed E-state index contributed by atoms with van der Waals surface area (Å²) in [5.41, 5.74) is 0. The van der Waals surface area contributed by atoms with E-state index in [-0.39, 0.29) is 0 Å². The second-order valence-corrected chi connectivity index (χ2v) is 8.62. The lowest BCUT2D eigenvalue weighted by molar-refractivity contribution is 0.352. The first-order chi connectivity index (χ1) is 9.27. The van der Waals surface area contributed by atoms with Crippen molar-refractivity contribution in [3.8, 4) is 0 Å². The molecular weight excluding hydrogens is 312 g/mol. The van der Waals surface area contributed by atoms with Crippen LogP contribution in [0, 0.1) is 0 Å². The third kappa shape index (κ3) is 5.40. The van der Waals surface area contributed by atoms with E-state index in [0.717, 1.165) is 39.9 Å². The van der Waals surface area contributed by atoms with Crippen LogP contribution in [0.15, 0.2) is 0 Å². The molecule has 19 heavy (non-hydrogen) atoms. The number of thiocarbonyl (C=S) groups is 2. The van der Waals surface area contributed by atoms with Crippen LogP contribution in [0.5, 0.6) is 0 Å². The van der Waals surface area contributed by atoms with Gasteiger partial charge in [-0.15, -0.1) is 0 Å². The van der Waals surface area contributed by atoms with Gasteiger partial charge in [0.05, 0.1) is 5.08 Å². The standard InChI is InChI=1S/C13H22N2S4/c16-12(14-7-3-1-4-8-14)18-11-19-13(17)15-9-5-2-6-10-15/h1-11H2. The number of rotatable bonds is 2. The molecule has 2 aliphatic rings. The SMILES string of the molecule is S=C(SCSC(=S)N1CCCCC1)N1CCCCC1. The molecule has 0 unspecified atom stereocenters. The molecule has 0 aliphatic carbocycles. The Labute approximate surface area is 136 Å². The summed E-state index contributed by atoms with van der Waals surface area (Å²) in [6, 6.07) is 0. The average Bonchev–Trinajstić information content (AvgIpc) is 2.49. The molecule has 0 bridgehead atoms. The first kappa shape index (κ1) is 15.9. The quantitative estimate of drug-likeness (QED) is 0.553. The largest absolute Gasteiger partial charge is 0.358 e. The summed E-state index contributed by atoms with van der Waals surface area (Å²) in [5, 5.41) is 0.963. The smallest absolute Gasteiger partial charge is 0.137 e. The predicted octanol–water partition coefficient (Wildman–Crippen LogP) is 3.95. The van der Waals surface area contributed by atoms with E-state index in [9.17, 15) is 0 Å². The Hall–Kier alpha value is 0.480. The zero-order valence-electron chi connectivity index (χ0n) is 11.3. The lowest BCUT2D eigenvalue weighted by atomic mass is 10.1. The van der Waals surface area contributed by atoms with Crippen molar-refractivity contribution in [3.05, 3.63) is 0 Å². The zero-order valence-corrected chi connectivity index (χ0v) is 14.6. The lowest BCUT2D eigenvalue weighted by Gasteiger charge is -2.30. The van der Waals surface area contributed by atoms with E-state index < -0.39 is 0 Å². The summed E-state index contributed by atoms with van der Waals surface area (Å²) < 4.78 is 2.13. The van der Waals surface area contributed by atoms with Crippen molar-refractivity contribution in [1.82, 2.24) is 9.80 Å². The highest BCUT2D eigenvalue weighted by Gasteiger charge is 2.16. The number of likely N-dealkylation sites (tertiary alicyclic amines) is 2. The molecule has 0 N–H and O–H groups in total. The van der Waals surface area contributed by atoms with Crippen LogP contribution in [-0.2, 0) is 0 Å². The van der Waals surface area contributed by atoms with E-state index in [1.807, 2.05) is 0 Å². The van der Waals surface area contributed by atoms with E-state index in [4.69, 9.17) is 24.4 Å². The Morgan fingerprint density at radius 1 is 0.684 bits per heavy atom. The van der Waals surface area contributed by atoms with Crippen molar-refractivity contribution in [2.45, 2.75) is 38.5 Å². The van der Waals surface area contributed by atoms with Gasteiger partial charge in [-0.2, -0.15) is 0 Å². The van der Waals surface area contributed by atoms with Crippen LogP contribution in [0.1, 0.15) is 38.5 Å². The van der Waals surface area contributed by atoms with Crippen molar-refractivity contribution in [1.29, 1.82) is 0 Å². The van der Waals surface area contributed by atoms with Gasteiger partial charge in [0, 0.05) is 26.2 Å². The summed E-state index contributed by atoms with van der Waals surface area (Å²) in [6.45, 7) is 4.58. The molecule has 0 aromatic carbocycles. The van der Waals surface area contributed by atoms with Gasteiger partial charge in [0.15, 0.2) is 0 Å². The topological polar surface area (TPSA) is 6.48 Å². The summed E-state index contributed by atoms with van der Waals surface area (Å²) in [5.74, 6) is 0. The summed E-state index contributed by atoms with van der Waals surface area (Å²) in [4.78, 5) is 4.71. The number of nitrogens with zero attached hydrogens (tertiary/aromatic N) is 2. The number of hydrogen-bond donors (Lipinski definition) is 0. The molecule has 2 fully saturated rings. The van der Waals surface area contributed by atoms with E-state index in [1.54, 1.807) is 23.5 Å². The van der Waals surface area contributed by atoms with Gasteiger partial charge in [-0.25, -0.2) is 0 Å². The number of thioether (sulfide) groups is 2. The Balaban J connectivity index is 1.62. The molecular formula is C13H22N2S4. The van der Waals surface area contributed by atoms with Gasteiger partial charge in [-0.05, 0) is 38.5 Å². The zero-order chi connectivity index (χ0) is 13.5. The van der Waals surface area contributed by atoms with E-state index in [2.05, 4.69) is 9.80 Å². The predicted molar refractivity (Wildman–Crippen MR) is 96.1 cm³/mol. The lowest BCUT2D eigenvalue weighted by Crippen LogP contribution is -2.33.